The number of nitro benzene ring substituents is 1. The van der Waals surface area contributed by atoms with Crippen LogP contribution in [0.3, 0.4) is 0 Å². The van der Waals surface area contributed by atoms with Gasteiger partial charge < -0.3 is 9.84 Å². The molecule has 0 fully saturated rings. The van der Waals surface area contributed by atoms with Crippen LogP contribution in [0.15, 0.2) is 42.5 Å². The van der Waals surface area contributed by atoms with Crippen LogP contribution < -0.4 is 4.74 Å². The molecule has 0 aliphatic carbocycles. The first kappa shape index (κ1) is 14.8. The summed E-state index contributed by atoms with van der Waals surface area (Å²) < 4.78 is 5.39. The van der Waals surface area contributed by atoms with E-state index in [1.54, 1.807) is 24.3 Å². The number of halogens is 1. The molecule has 0 unspecified atom stereocenters. The van der Waals surface area contributed by atoms with Crippen LogP contribution >= 0.6 is 11.6 Å². The van der Waals surface area contributed by atoms with Gasteiger partial charge in [-0.25, -0.2) is 4.79 Å². The maximum Gasteiger partial charge on any atom is 0.341 e. The number of ether oxygens (including phenoxy) is 1. The van der Waals surface area contributed by atoms with Gasteiger partial charge in [-0.15, -0.1) is 0 Å². The number of aromatic carboxylic acids is 1. The van der Waals surface area contributed by atoms with Gasteiger partial charge >= 0.3 is 5.97 Å². The molecule has 0 aromatic heterocycles. The summed E-state index contributed by atoms with van der Waals surface area (Å²) in [5.41, 5.74) is 0.0907. The highest BCUT2D eigenvalue weighted by Crippen LogP contribution is 2.28. The Bertz CT molecular complexity index is 702. The fourth-order valence-electron chi connectivity index (χ4n) is 1.80. The van der Waals surface area contributed by atoms with Gasteiger partial charge in [0.25, 0.3) is 5.69 Å². The largest absolute Gasteiger partial charge is 0.488 e. The second kappa shape index (κ2) is 6.23. The topological polar surface area (TPSA) is 89.7 Å². The lowest BCUT2D eigenvalue weighted by Gasteiger charge is -2.10. The number of carboxylic acids is 1. The molecular formula is C14H10ClNO5. The molecule has 21 heavy (non-hydrogen) atoms. The van der Waals surface area contributed by atoms with E-state index in [9.17, 15) is 14.9 Å². The zero-order chi connectivity index (χ0) is 15.4. The van der Waals surface area contributed by atoms with Gasteiger partial charge in [-0.1, -0.05) is 29.8 Å². The number of nitro groups is 1. The van der Waals surface area contributed by atoms with E-state index in [-0.39, 0.29) is 28.6 Å². The van der Waals surface area contributed by atoms with E-state index in [2.05, 4.69) is 0 Å². The van der Waals surface area contributed by atoms with Gasteiger partial charge in [-0.2, -0.15) is 0 Å². The van der Waals surface area contributed by atoms with E-state index in [0.717, 1.165) is 0 Å². The summed E-state index contributed by atoms with van der Waals surface area (Å²) in [4.78, 5) is 21.5. The molecule has 1 N–H and O–H groups in total. The number of hydrogen-bond acceptors (Lipinski definition) is 4. The van der Waals surface area contributed by atoms with Gasteiger partial charge in [-0.05, 0) is 18.2 Å². The SMILES string of the molecule is O=C(O)c1c(Cl)cccc1OCc1ccccc1[N+](=O)[O-]. The summed E-state index contributed by atoms with van der Waals surface area (Å²) in [5, 5.41) is 20.1. The number of carboxylic acid groups (broad SMARTS) is 1. The Morgan fingerprint density at radius 2 is 1.95 bits per heavy atom. The van der Waals surface area contributed by atoms with Crippen molar-refractivity contribution in [2.24, 2.45) is 0 Å². The number of rotatable bonds is 5. The third-order valence-corrected chi connectivity index (χ3v) is 3.08. The summed E-state index contributed by atoms with van der Waals surface area (Å²) in [6.07, 6.45) is 0. The van der Waals surface area contributed by atoms with Crippen molar-refractivity contribution in [3.63, 3.8) is 0 Å². The number of hydrogen-bond donors (Lipinski definition) is 1. The predicted molar refractivity (Wildman–Crippen MR) is 75.8 cm³/mol. The van der Waals surface area contributed by atoms with E-state index < -0.39 is 10.9 Å². The van der Waals surface area contributed by atoms with Crippen LogP contribution in [0.25, 0.3) is 0 Å². The quantitative estimate of drug-likeness (QED) is 0.674. The van der Waals surface area contributed by atoms with Gasteiger partial charge in [0.2, 0.25) is 0 Å². The van der Waals surface area contributed by atoms with Crippen molar-refractivity contribution in [3.05, 3.63) is 68.7 Å². The molecule has 0 atom stereocenters. The molecule has 6 nitrogen and oxygen atoms in total. The second-order valence-corrected chi connectivity index (χ2v) is 4.50. The lowest BCUT2D eigenvalue weighted by Crippen LogP contribution is -2.05. The number of carbonyl (C=O) groups is 1. The van der Waals surface area contributed by atoms with Crippen molar-refractivity contribution in [3.8, 4) is 5.75 Å². The molecule has 0 amide bonds. The van der Waals surface area contributed by atoms with E-state index in [4.69, 9.17) is 21.4 Å². The number of para-hydroxylation sites is 1. The molecule has 0 saturated heterocycles. The maximum atomic E-state index is 11.2. The molecule has 0 heterocycles. The van der Waals surface area contributed by atoms with Gasteiger partial charge in [-0.3, -0.25) is 10.1 Å². The van der Waals surface area contributed by atoms with Crippen LogP contribution in [-0.4, -0.2) is 16.0 Å². The Balaban J connectivity index is 2.28. The van der Waals surface area contributed by atoms with E-state index in [0.29, 0.717) is 5.56 Å². The summed E-state index contributed by atoms with van der Waals surface area (Å²) >= 11 is 5.82. The van der Waals surface area contributed by atoms with Crippen molar-refractivity contribution in [2.75, 3.05) is 0 Å². The van der Waals surface area contributed by atoms with Crippen LogP contribution in [0.2, 0.25) is 5.02 Å². The van der Waals surface area contributed by atoms with Gasteiger partial charge in [0.1, 0.15) is 17.9 Å². The highest BCUT2D eigenvalue weighted by molar-refractivity contribution is 6.33. The molecule has 0 spiro atoms. The van der Waals surface area contributed by atoms with Crippen LogP contribution in [0.4, 0.5) is 5.69 Å². The fraction of sp³-hybridized carbons (Fsp3) is 0.0714. The third kappa shape index (κ3) is 3.29. The number of benzene rings is 2. The molecule has 0 bridgehead atoms. The average Bonchev–Trinajstić information content (AvgIpc) is 2.44. The second-order valence-electron chi connectivity index (χ2n) is 4.09. The minimum absolute atomic E-state index is 0.0440. The van der Waals surface area contributed by atoms with Gasteiger partial charge in [0, 0.05) is 6.07 Å². The molecule has 7 heteroatoms. The molecule has 0 radical (unpaired) electrons. The Hall–Kier alpha value is -2.60. The number of nitrogens with zero attached hydrogens (tertiary/aromatic N) is 1. The van der Waals surface area contributed by atoms with Crippen LogP contribution in [0.5, 0.6) is 5.75 Å². The zero-order valence-corrected chi connectivity index (χ0v) is 11.4. The summed E-state index contributed by atoms with van der Waals surface area (Å²) in [6.45, 7) is -0.127. The van der Waals surface area contributed by atoms with Crippen LogP contribution in [-0.2, 0) is 6.61 Å². The molecule has 108 valence electrons. The first-order valence-corrected chi connectivity index (χ1v) is 6.25. The third-order valence-electron chi connectivity index (χ3n) is 2.76. The Morgan fingerprint density at radius 3 is 2.62 bits per heavy atom. The first-order chi connectivity index (χ1) is 10.0. The normalized spacial score (nSPS) is 10.1. The Kier molecular flexibility index (Phi) is 4.39. The summed E-state index contributed by atoms with van der Waals surface area (Å²) in [7, 11) is 0. The highest BCUT2D eigenvalue weighted by atomic mass is 35.5. The van der Waals surface area contributed by atoms with E-state index in [1.807, 2.05) is 0 Å². The molecule has 2 aromatic carbocycles. The maximum absolute atomic E-state index is 11.2. The van der Waals surface area contributed by atoms with Crippen molar-refractivity contribution >= 4 is 23.3 Å². The Labute approximate surface area is 124 Å². The monoisotopic (exact) mass is 307 g/mol. The Morgan fingerprint density at radius 1 is 1.24 bits per heavy atom. The summed E-state index contributed by atoms with van der Waals surface area (Å²) in [5.74, 6) is -1.16. The molecular weight excluding hydrogens is 298 g/mol. The highest BCUT2D eigenvalue weighted by Gasteiger charge is 2.17. The molecule has 0 aliphatic rings. The molecule has 2 rings (SSSR count). The standard InChI is InChI=1S/C14H10ClNO5/c15-10-5-3-7-12(13(10)14(17)18)21-8-9-4-1-2-6-11(9)16(19)20/h1-7H,8H2,(H,17,18). The van der Waals surface area contributed by atoms with Crippen molar-refractivity contribution < 1.29 is 19.6 Å². The average molecular weight is 308 g/mol. The van der Waals surface area contributed by atoms with Crippen molar-refractivity contribution in [1.82, 2.24) is 0 Å². The smallest absolute Gasteiger partial charge is 0.341 e. The van der Waals surface area contributed by atoms with E-state index >= 15 is 0 Å². The zero-order valence-electron chi connectivity index (χ0n) is 10.7. The minimum Gasteiger partial charge on any atom is -0.488 e. The van der Waals surface area contributed by atoms with Crippen LogP contribution in [0.1, 0.15) is 15.9 Å². The fourth-order valence-corrected chi connectivity index (χ4v) is 2.05. The minimum atomic E-state index is -1.22. The molecule has 0 aliphatic heterocycles. The van der Waals surface area contributed by atoms with Crippen LogP contribution in [0, 0.1) is 10.1 Å². The van der Waals surface area contributed by atoms with Gasteiger partial charge in [0.15, 0.2) is 0 Å². The molecule has 0 saturated carbocycles. The first-order valence-electron chi connectivity index (χ1n) is 5.87. The predicted octanol–water partition coefficient (Wildman–Crippen LogP) is 3.53. The summed E-state index contributed by atoms with van der Waals surface area (Å²) in [6, 6.07) is 10.5. The lowest BCUT2D eigenvalue weighted by molar-refractivity contribution is -0.385. The lowest BCUT2D eigenvalue weighted by atomic mass is 10.2. The van der Waals surface area contributed by atoms with Crippen molar-refractivity contribution in [2.45, 2.75) is 6.61 Å². The van der Waals surface area contributed by atoms with Gasteiger partial charge in [0.05, 0.1) is 15.5 Å². The van der Waals surface area contributed by atoms with Crippen molar-refractivity contribution in [1.29, 1.82) is 0 Å². The molecule has 2 aromatic rings. The van der Waals surface area contributed by atoms with E-state index in [1.165, 1.54) is 18.2 Å².